The lowest BCUT2D eigenvalue weighted by molar-refractivity contribution is 0.909. The van der Waals surface area contributed by atoms with Crippen LogP contribution in [0.3, 0.4) is 0 Å². The zero-order valence-electron chi connectivity index (χ0n) is 25.5. The summed E-state index contributed by atoms with van der Waals surface area (Å²) >= 11 is 0. The molecule has 0 aromatic heterocycles. The van der Waals surface area contributed by atoms with Gasteiger partial charge < -0.3 is 9.80 Å². The average molecular weight is 553 g/mol. The van der Waals surface area contributed by atoms with Crippen molar-refractivity contribution in [2.24, 2.45) is 0 Å². The summed E-state index contributed by atoms with van der Waals surface area (Å²) in [7, 11) is 0. The lowest BCUT2D eigenvalue weighted by atomic mass is 10.00. The second kappa shape index (κ2) is 15.5. The minimum Gasteiger partial charge on any atom is -0.341 e. The van der Waals surface area contributed by atoms with Crippen molar-refractivity contribution < 1.29 is 0 Å². The van der Waals surface area contributed by atoms with Crippen molar-refractivity contribution >= 4 is 22.5 Å². The summed E-state index contributed by atoms with van der Waals surface area (Å²) in [5, 5.41) is 0. The molecule has 42 heavy (non-hydrogen) atoms. The molecule has 0 aliphatic carbocycles. The van der Waals surface area contributed by atoms with Crippen LogP contribution in [0.15, 0.2) is 151 Å². The third-order valence-electron chi connectivity index (χ3n) is 7.65. The molecule has 0 atom stereocenters. The van der Waals surface area contributed by atoms with Crippen molar-refractivity contribution in [1.29, 1.82) is 0 Å². The summed E-state index contributed by atoms with van der Waals surface area (Å²) in [6.45, 7) is 17.0. The van der Waals surface area contributed by atoms with E-state index in [0.717, 1.165) is 50.2 Å². The Hall–Kier alpha value is -4.52. The first-order chi connectivity index (χ1) is 20.6. The Balaban J connectivity index is 1.44. The van der Waals surface area contributed by atoms with E-state index in [0.29, 0.717) is 0 Å². The molecular weight excluding hydrogens is 508 g/mol. The SMILES string of the molecule is C=C(/C=C\C(=C/C)C/C=C\C(=C)N1CC/C=C\C=C(/CC)c2ccccc21)N1CC(=C=C/C=C\CC)c2ccccc21. The van der Waals surface area contributed by atoms with E-state index in [-0.39, 0.29) is 0 Å². The summed E-state index contributed by atoms with van der Waals surface area (Å²) in [5.41, 5.74) is 14.1. The fourth-order valence-electron chi connectivity index (χ4n) is 5.30. The van der Waals surface area contributed by atoms with Gasteiger partial charge in [0.2, 0.25) is 0 Å². The van der Waals surface area contributed by atoms with Gasteiger partial charge in [-0.15, -0.1) is 5.73 Å². The van der Waals surface area contributed by atoms with Crippen LogP contribution in [-0.4, -0.2) is 13.1 Å². The molecule has 0 bridgehead atoms. The molecule has 2 nitrogen and oxygen atoms in total. The van der Waals surface area contributed by atoms with Gasteiger partial charge in [-0.1, -0.05) is 112 Å². The van der Waals surface area contributed by atoms with Crippen molar-refractivity contribution in [3.8, 4) is 0 Å². The Morgan fingerprint density at radius 2 is 1.60 bits per heavy atom. The molecule has 0 saturated carbocycles. The van der Waals surface area contributed by atoms with Crippen LogP contribution >= 0.6 is 0 Å². The van der Waals surface area contributed by atoms with E-state index in [1.165, 1.54) is 39.2 Å². The molecule has 2 aromatic rings. The highest BCUT2D eigenvalue weighted by molar-refractivity contribution is 5.87. The predicted octanol–water partition coefficient (Wildman–Crippen LogP) is 10.7. The van der Waals surface area contributed by atoms with Crippen LogP contribution < -0.4 is 9.80 Å². The predicted molar refractivity (Wildman–Crippen MR) is 185 cm³/mol. The van der Waals surface area contributed by atoms with Crippen LogP contribution in [0.4, 0.5) is 11.4 Å². The van der Waals surface area contributed by atoms with E-state index >= 15 is 0 Å². The second-order valence-corrected chi connectivity index (χ2v) is 10.4. The Labute approximate surface area is 253 Å². The summed E-state index contributed by atoms with van der Waals surface area (Å²) in [6.07, 6.45) is 27.6. The fourth-order valence-corrected chi connectivity index (χ4v) is 5.30. The lowest BCUT2D eigenvalue weighted by Gasteiger charge is -2.27. The number of para-hydroxylation sites is 2. The average Bonchev–Trinajstić information content (AvgIpc) is 3.42. The zero-order chi connectivity index (χ0) is 29.7. The smallest absolute Gasteiger partial charge is 0.0561 e. The quantitative estimate of drug-likeness (QED) is 0.214. The second-order valence-electron chi connectivity index (χ2n) is 10.4. The summed E-state index contributed by atoms with van der Waals surface area (Å²) < 4.78 is 0. The molecule has 2 aromatic carbocycles. The normalized spacial score (nSPS) is 17.4. The highest BCUT2D eigenvalue weighted by Crippen LogP contribution is 2.37. The molecule has 0 N–H and O–H groups in total. The fraction of sp³-hybridized carbons (Fsp3) is 0.225. The van der Waals surface area contributed by atoms with E-state index in [2.05, 4.69) is 159 Å². The maximum absolute atomic E-state index is 4.46. The topological polar surface area (TPSA) is 6.48 Å². The first-order valence-electron chi connectivity index (χ1n) is 15.1. The van der Waals surface area contributed by atoms with Gasteiger partial charge in [-0.05, 0) is 74.1 Å². The maximum atomic E-state index is 4.46. The van der Waals surface area contributed by atoms with Gasteiger partial charge >= 0.3 is 0 Å². The molecule has 0 radical (unpaired) electrons. The molecular formula is C40H44N2. The number of anilines is 2. The highest BCUT2D eigenvalue weighted by atomic mass is 15.2. The summed E-state index contributed by atoms with van der Waals surface area (Å²) in [4.78, 5) is 4.62. The number of rotatable bonds is 10. The lowest BCUT2D eigenvalue weighted by Crippen LogP contribution is -2.23. The van der Waals surface area contributed by atoms with Gasteiger partial charge in [-0.25, -0.2) is 0 Å². The van der Waals surface area contributed by atoms with Crippen molar-refractivity contribution in [3.63, 3.8) is 0 Å². The standard InChI is InChI=1S/C40H44N2/c1-6-9-10-12-23-36-31-42(40-27-17-15-25-38(36)40)33(5)28-29-34(7-2)21-19-20-32(4)41-30-18-11-13-22-35(8-3)37-24-14-16-26-39(37)41/h7,9-17,19-20,22,24-29H,4-6,8,18,21,30-31H2,1-3H3/b10-9-,13-11-,20-19-,29-28-,34-7-,35-22+. The first kappa shape index (κ1) is 30.4. The zero-order valence-corrected chi connectivity index (χ0v) is 25.5. The molecule has 0 saturated heterocycles. The largest absolute Gasteiger partial charge is 0.341 e. The maximum Gasteiger partial charge on any atom is 0.0561 e. The molecule has 2 heteroatoms. The molecule has 4 rings (SSSR count). The Morgan fingerprint density at radius 1 is 0.881 bits per heavy atom. The van der Waals surface area contributed by atoms with E-state index in [1.54, 1.807) is 0 Å². The summed E-state index contributed by atoms with van der Waals surface area (Å²) in [5.74, 6) is 0. The Morgan fingerprint density at radius 3 is 2.33 bits per heavy atom. The molecule has 2 aliphatic rings. The Bertz CT molecular complexity index is 1530. The number of hydrogen-bond donors (Lipinski definition) is 0. The molecule has 0 amide bonds. The van der Waals surface area contributed by atoms with E-state index < -0.39 is 0 Å². The van der Waals surface area contributed by atoms with Gasteiger partial charge in [0.05, 0.1) is 6.54 Å². The molecule has 0 unspecified atom stereocenters. The van der Waals surface area contributed by atoms with E-state index in [9.17, 15) is 0 Å². The van der Waals surface area contributed by atoms with Gasteiger partial charge in [0.25, 0.3) is 0 Å². The number of fused-ring (bicyclic) bond motifs is 2. The van der Waals surface area contributed by atoms with Crippen molar-refractivity contribution in [2.75, 3.05) is 22.9 Å². The number of nitrogens with zero attached hydrogens (tertiary/aromatic N) is 2. The highest BCUT2D eigenvalue weighted by Gasteiger charge is 2.23. The van der Waals surface area contributed by atoms with E-state index in [4.69, 9.17) is 0 Å². The summed E-state index contributed by atoms with van der Waals surface area (Å²) in [6, 6.07) is 17.2. The van der Waals surface area contributed by atoms with Crippen LogP contribution in [0.1, 0.15) is 57.6 Å². The Kier molecular flexibility index (Phi) is 11.2. The van der Waals surface area contributed by atoms with Gasteiger partial charge in [0.15, 0.2) is 0 Å². The third-order valence-corrected chi connectivity index (χ3v) is 7.65. The van der Waals surface area contributed by atoms with Crippen molar-refractivity contribution in [1.82, 2.24) is 0 Å². The number of allylic oxidation sites excluding steroid dienone is 11. The van der Waals surface area contributed by atoms with Gasteiger partial charge in [-0.2, -0.15) is 0 Å². The monoisotopic (exact) mass is 552 g/mol. The van der Waals surface area contributed by atoms with Crippen molar-refractivity contribution in [2.45, 2.75) is 46.5 Å². The van der Waals surface area contributed by atoms with Crippen LogP contribution in [0.5, 0.6) is 0 Å². The van der Waals surface area contributed by atoms with Crippen LogP contribution in [0.25, 0.3) is 11.1 Å². The minimum atomic E-state index is 0.769. The van der Waals surface area contributed by atoms with Gasteiger partial charge in [-0.3, -0.25) is 0 Å². The van der Waals surface area contributed by atoms with E-state index in [1.807, 2.05) is 6.08 Å². The first-order valence-corrected chi connectivity index (χ1v) is 15.1. The molecule has 0 spiro atoms. The third kappa shape index (κ3) is 7.60. The molecule has 0 fully saturated rings. The van der Waals surface area contributed by atoms with Crippen LogP contribution in [0.2, 0.25) is 0 Å². The van der Waals surface area contributed by atoms with Gasteiger partial charge in [0, 0.05) is 46.0 Å². The van der Waals surface area contributed by atoms with Crippen molar-refractivity contribution in [3.05, 3.63) is 162 Å². The minimum absolute atomic E-state index is 0.769. The molecule has 2 heterocycles. The number of hydrogen-bond acceptors (Lipinski definition) is 2. The van der Waals surface area contributed by atoms with Crippen LogP contribution in [0, 0.1) is 0 Å². The number of benzene rings is 2. The van der Waals surface area contributed by atoms with Gasteiger partial charge in [0.1, 0.15) is 0 Å². The molecule has 2 aliphatic heterocycles. The molecule has 214 valence electrons. The van der Waals surface area contributed by atoms with Crippen LogP contribution in [-0.2, 0) is 0 Å².